The van der Waals surface area contributed by atoms with Gasteiger partial charge in [-0.2, -0.15) is 0 Å². The predicted octanol–water partition coefficient (Wildman–Crippen LogP) is 1.32. The standard InChI is InChI=1S/C18H23NO7/c1-11(2)8-13(18(22)23-3)19-16(20)10-26-17(21)12-4-5-14-15(9-12)25-7-6-24-14/h4-5,9,11,13H,6-8,10H2,1-3H3,(H,19,20)/t13-/m1/s1. The second kappa shape index (κ2) is 9.07. The van der Waals surface area contributed by atoms with Gasteiger partial charge in [-0.1, -0.05) is 13.8 Å². The molecule has 1 aromatic carbocycles. The first-order valence-electron chi connectivity index (χ1n) is 8.34. The van der Waals surface area contributed by atoms with Crippen molar-refractivity contribution in [3.63, 3.8) is 0 Å². The van der Waals surface area contributed by atoms with Gasteiger partial charge in [0.05, 0.1) is 12.7 Å². The van der Waals surface area contributed by atoms with Crippen molar-refractivity contribution in [2.24, 2.45) is 5.92 Å². The Balaban J connectivity index is 1.89. The number of hydrogen-bond donors (Lipinski definition) is 1. The molecule has 1 aromatic rings. The second-order valence-electron chi connectivity index (χ2n) is 6.21. The van der Waals surface area contributed by atoms with Gasteiger partial charge < -0.3 is 24.3 Å². The summed E-state index contributed by atoms with van der Waals surface area (Å²) < 4.78 is 20.5. The third kappa shape index (κ3) is 5.37. The summed E-state index contributed by atoms with van der Waals surface area (Å²) in [5, 5.41) is 2.52. The highest BCUT2D eigenvalue weighted by atomic mass is 16.6. The highest BCUT2D eigenvalue weighted by Gasteiger charge is 2.23. The molecule has 8 heteroatoms. The van der Waals surface area contributed by atoms with Crippen molar-refractivity contribution in [1.82, 2.24) is 5.32 Å². The van der Waals surface area contributed by atoms with Gasteiger partial charge in [0.1, 0.15) is 19.3 Å². The zero-order chi connectivity index (χ0) is 19.1. The number of benzene rings is 1. The SMILES string of the molecule is COC(=O)[C@@H](CC(C)C)NC(=O)COC(=O)c1ccc2c(c1)OCCO2. The molecule has 0 aromatic heterocycles. The summed E-state index contributed by atoms with van der Waals surface area (Å²) in [6, 6.07) is 3.87. The molecule has 1 heterocycles. The number of methoxy groups -OCH3 is 1. The van der Waals surface area contributed by atoms with E-state index in [1.165, 1.54) is 19.2 Å². The lowest BCUT2D eigenvalue weighted by molar-refractivity contribution is -0.145. The van der Waals surface area contributed by atoms with Crippen LogP contribution in [0, 0.1) is 5.92 Å². The summed E-state index contributed by atoms with van der Waals surface area (Å²) in [6.07, 6.45) is 0.425. The zero-order valence-corrected chi connectivity index (χ0v) is 15.1. The van der Waals surface area contributed by atoms with Crippen LogP contribution in [0.15, 0.2) is 18.2 Å². The highest BCUT2D eigenvalue weighted by Crippen LogP contribution is 2.30. The third-order valence-electron chi connectivity index (χ3n) is 3.64. The molecule has 0 saturated carbocycles. The van der Waals surface area contributed by atoms with E-state index in [4.69, 9.17) is 14.2 Å². The number of ether oxygens (including phenoxy) is 4. The summed E-state index contributed by atoms with van der Waals surface area (Å²) in [6.45, 7) is 4.19. The van der Waals surface area contributed by atoms with Crippen LogP contribution in [-0.2, 0) is 19.1 Å². The summed E-state index contributed by atoms with van der Waals surface area (Å²) in [7, 11) is 1.25. The summed E-state index contributed by atoms with van der Waals surface area (Å²) in [5.74, 6) is -0.592. The molecule has 2 rings (SSSR count). The number of esters is 2. The molecule has 142 valence electrons. The first kappa shape index (κ1) is 19.6. The van der Waals surface area contributed by atoms with Crippen LogP contribution in [0.4, 0.5) is 0 Å². The van der Waals surface area contributed by atoms with Crippen LogP contribution < -0.4 is 14.8 Å². The lowest BCUT2D eigenvalue weighted by Crippen LogP contribution is -2.44. The number of fused-ring (bicyclic) bond motifs is 1. The molecular formula is C18H23NO7. The summed E-state index contributed by atoms with van der Waals surface area (Å²) >= 11 is 0. The van der Waals surface area contributed by atoms with Gasteiger partial charge in [-0.3, -0.25) is 4.79 Å². The second-order valence-corrected chi connectivity index (χ2v) is 6.21. The Morgan fingerprint density at radius 1 is 1.15 bits per heavy atom. The maximum Gasteiger partial charge on any atom is 0.338 e. The number of carbonyl (C=O) groups is 3. The zero-order valence-electron chi connectivity index (χ0n) is 15.1. The normalized spacial score (nSPS) is 13.7. The van der Waals surface area contributed by atoms with Crippen molar-refractivity contribution in [2.75, 3.05) is 26.9 Å². The average molecular weight is 365 g/mol. The van der Waals surface area contributed by atoms with E-state index >= 15 is 0 Å². The van der Waals surface area contributed by atoms with Crippen molar-refractivity contribution < 1.29 is 33.3 Å². The van der Waals surface area contributed by atoms with Crippen LogP contribution in [0.2, 0.25) is 0 Å². The van der Waals surface area contributed by atoms with Gasteiger partial charge in [0.2, 0.25) is 0 Å². The van der Waals surface area contributed by atoms with Crippen molar-refractivity contribution in [2.45, 2.75) is 26.3 Å². The summed E-state index contributed by atoms with van der Waals surface area (Å²) in [4.78, 5) is 35.8. The Morgan fingerprint density at radius 3 is 2.50 bits per heavy atom. The lowest BCUT2D eigenvalue weighted by Gasteiger charge is -2.19. The maximum absolute atomic E-state index is 12.1. The van der Waals surface area contributed by atoms with Gasteiger partial charge in [0.15, 0.2) is 18.1 Å². The molecule has 1 amide bonds. The molecule has 1 aliphatic rings. The van der Waals surface area contributed by atoms with Gasteiger partial charge in [-0.15, -0.1) is 0 Å². The van der Waals surface area contributed by atoms with Crippen molar-refractivity contribution in [3.8, 4) is 11.5 Å². The number of carbonyl (C=O) groups excluding carboxylic acids is 3. The minimum atomic E-state index is -0.777. The molecule has 0 bridgehead atoms. The van der Waals surface area contributed by atoms with Crippen LogP contribution in [-0.4, -0.2) is 50.8 Å². The fourth-order valence-electron chi connectivity index (χ4n) is 2.45. The van der Waals surface area contributed by atoms with Gasteiger partial charge in [0.25, 0.3) is 5.91 Å². The first-order valence-corrected chi connectivity index (χ1v) is 8.34. The molecule has 0 aliphatic carbocycles. The molecule has 0 fully saturated rings. The van der Waals surface area contributed by atoms with E-state index in [0.29, 0.717) is 31.1 Å². The maximum atomic E-state index is 12.1. The van der Waals surface area contributed by atoms with Crippen LogP contribution in [0.3, 0.4) is 0 Å². The molecular weight excluding hydrogens is 342 g/mol. The van der Waals surface area contributed by atoms with E-state index in [2.05, 4.69) is 10.1 Å². The topological polar surface area (TPSA) is 100 Å². The average Bonchev–Trinajstić information content (AvgIpc) is 2.64. The van der Waals surface area contributed by atoms with Gasteiger partial charge >= 0.3 is 11.9 Å². The third-order valence-corrected chi connectivity index (χ3v) is 3.64. The monoisotopic (exact) mass is 365 g/mol. The van der Waals surface area contributed by atoms with Crippen LogP contribution in [0.25, 0.3) is 0 Å². The predicted molar refractivity (Wildman–Crippen MR) is 91.1 cm³/mol. The van der Waals surface area contributed by atoms with Crippen molar-refractivity contribution in [1.29, 1.82) is 0 Å². The van der Waals surface area contributed by atoms with E-state index < -0.39 is 30.5 Å². The summed E-state index contributed by atoms with van der Waals surface area (Å²) in [5.41, 5.74) is 0.244. The molecule has 1 aliphatic heterocycles. The van der Waals surface area contributed by atoms with E-state index in [-0.39, 0.29) is 11.5 Å². The first-order chi connectivity index (χ1) is 12.4. The largest absolute Gasteiger partial charge is 0.486 e. The number of nitrogens with one attached hydrogen (secondary N) is 1. The van der Waals surface area contributed by atoms with E-state index in [9.17, 15) is 14.4 Å². The van der Waals surface area contributed by atoms with Crippen LogP contribution in [0.1, 0.15) is 30.6 Å². The van der Waals surface area contributed by atoms with Crippen LogP contribution >= 0.6 is 0 Å². The smallest absolute Gasteiger partial charge is 0.338 e. The number of amides is 1. The Bertz CT molecular complexity index is 672. The van der Waals surface area contributed by atoms with Crippen molar-refractivity contribution >= 4 is 17.8 Å². The lowest BCUT2D eigenvalue weighted by atomic mass is 10.0. The molecule has 8 nitrogen and oxygen atoms in total. The quantitative estimate of drug-likeness (QED) is 0.727. The van der Waals surface area contributed by atoms with Gasteiger partial charge in [-0.25, -0.2) is 9.59 Å². The Morgan fingerprint density at radius 2 is 1.85 bits per heavy atom. The minimum absolute atomic E-state index is 0.180. The molecule has 0 unspecified atom stereocenters. The molecule has 1 atom stereocenters. The Labute approximate surface area is 151 Å². The van der Waals surface area contributed by atoms with Gasteiger partial charge in [0, 0.05) is 0 Å². The van der Waals surface area contributed by atoms with E-state index in [1.54, 1.807) is 6.07 Å². The van der Waals surface area contributed by atoms with E-state index in [0.717, 1.165) is 0 Å². The molecule has 0 saturated heterocycles. The van der Waals surface area contributed by atoms with Crippen molar-refractivity contribution in [3.05, 3.63) is 23.8 Å². The fourth-order valence-corrected chi connectivity index (χ4v) is 2.45. The highest BCUT2D eigenvalue weighted by molar-refractivity contribution is 5.92. The number of rotatable bonds is 7. The van der Waals surface area contributed by atoms with Crippen LogP contribution in [0.5, 0.6) is 11.5 Å². The Hall–Kier alpha value is -2.77. The van der Waals surface area contributed by atoms with E-state index in [1.807, 2.05) is 13.8 Å². The number of hydrogen-bond acceptors (Lipinski definition) is 7. The Kier molecular flexibility index (Phi) is 6.82. The molecule has 26 heavy (non-hydrogen) atoms. The molecule has 1 N–H and O–H groups in total. The molecule has 0 spiro atoms. The molecule has 0 radical (unpaired) electrons. The van der Waals surface area contributed by atoms with Gasteiger partial charge in [-0.05, 0) is 30.5 Å². The fraction of sp³-hybridized carbons (Fsp3) is 0.500. The minimum Gasteiger partial charge on any atom is -0.486 e.